The number of hydrogen-bond donors (Lipinski definition) is 1. The van der Waals surface area contributed by atoms with Gasteiger partial charge in [0.25, 0.3) is 5.91 Å². The first-order chi connectivity index (χ1) is 17.3. The van der Waals surface area contributed by atoms with Crippen LogP contribution in [-0.4, -0.2) is 75.0 Å². The molecule has 36 heavy (non-hydrogen) atoms. The third-order valence-corrected chi connectivity index (χ3v) is 10.6. The zero-order valence-electron chi connectivity index (χ0n) is 19.9. The normalized spacial score (nSPS) is 30.2. The van der Waals surface area contributed by atoms with Gasteiger partial charge in [-0.15, -0.1) is 18.3 Å². The fraction of sp³-hybridized carbons (Fsp3) is 0.500. The van der Waals surface area contributed by atoms with Crippen molar-refractivity contribution in [3.8, 4) is 0 Å². The molecule has 3 aliphatic rings. The summed E-state index contributed by atoms with van der Waals surface area (Å²) in [6.07, 6.45) is 4.80. The number of aliphatic hydroxyl groups excluding tert-OH is 1. The van der Waals surface area contributed by atoms with Gasteiger partial charge >= 0.3 is 5.97 Å². The van der Waals surface area contributed by atoms with Gasteiger partial charge in [-0.3, -0.25) is 14.4 Å². The summed E-state index contributed by atoms with van der Waals surface area (Å²) in [5, 5.41) is 9.71. The van der Waals surface area contributed by atoms with Crippen LogP contribution in [0, 0.1) is 11.8 Å². The molecule has 3 unspecified atom stereocenters. The van der Waals surface area contributed by atoms with Crippen LogP contribution in [0.25, 0.3) is 0 Å². The number of carbonyl (C=O) groups excluding carboxylic acids is 3. The molecular weight excluding hydrogens is 568 g/mol. The number of halogens is 2. The Morgan fingerprint density at radius 2 is 2.00 bits per heavy atom. The molecule has 1 N–H and O–H groups in total. The number of unbranched alkanes of at least 4 members (excludes halogenated alkanes) is 1. The number of thioether (sulfide) groups is 1. The van der Waals surface area contributed by atoms with E-state index in [1.807, 2.05) is 0 Å². The van der Waals surface area contributed by atoms with E-state index in [0.29, 0.717) is 36.5 Å². The lowest BCUT2D eigenvalue weighted by Crippen LogP contribution is -2.55. The number of amides is 2. The van der Waals surface area contributed by atoms with Crippen LogP contribution in [0.1, 0.15) is 19.3 Å². The minimum absolute atomic E-state index is 0.000614. The number of benzene rings is 1. The predicted octanol–water partition coefficient (Wildman–Crippen LogP) is 3.83. The number of nitrogens with zero attached hydrogens (tertiary/aromatic N) is 2. The van der Waals surface area contributed by atoms with Crippen LogP contribution in [0.3, 0.4) is 0 Å². The Balaban J connectivity index is 1.76. The maximum absolute atomic E-state index is 14.3. The molecule has 3 saturated heterocycles. The number of esters is 1. The lowest BCUT2D eigenvalue weighted by Gasteiger charge is -2.37. The fourth-order valence-electron chi connectivity index (χ4n) is 5.77. The number of rotatable bonds is 11. The Morgan fingerprint density at radius 1 is 1.28 bits per heavy atom. The highest BCUT2D eigenvalue weighted by Crippen LogP contribution is 2.68. The number of aliphatic hydroxyl groups is 1. The Kier molecular flexibility index (Phi) is 8.54. The summed E-state index contributed by atoms with van der Waals surface area (Å²) in [6, 6.07) is 6.21. The fourth-order valence-corrected chi connectivity index (χ4v) is 9.49. The average Bonchev–Trinajstić information content (AvgIpc) is 3.45. The van der Waals surface area contributed by atoms with Crippen molar-refractivity contribution in [2.45, 2.75) is 40.1 Å². The summed E-state index contributed by atoms with van der Waals surface area (Å²) >= 11 is 11.4. The number of carbonyl (C=O) groups is 3. The van der Waals surface area contributed by atoms with Crippen molar-refractivity contribution in [3.05, 3.63) is 54.6 Å². The molecule has 1 aromatic rings. The van der Waals surface area contributed by atoms with Crippen LogP contribution in [0.5, 0.6) is 0 Å². The molecule has 0 saturated carbocycles. The van der Waals surface area contributed by atoms with Crippen molar-refractivity contribution in [2.75, 3.05) is 31.2 Å². The molecular formula is C26H30BrClN2O5S. The molecule has 1 aromatic carbocycles. The first kappa shape index (κ1) is 27.2. The van der Waals surface area contributed by atoms with Gasteiger partial charge in [-0.2, -0.15) is 0 Å². The molecule has 0 aliphatic carbocycles. The second kappa shape index (κ2) is 11.3. The summed E-state index contributed by atoms with van der Waals surface area (Å²) in [5.41, 5.74) is 0.654. The van der Waals surface area contributed by atoms with E-state index >= 15 is 0 Å². The van der Waals surface area contributed by atoms with E-state index in [1.54, 1.807) is 51.9 Å². The van der Waals surface area contributed by atoms with E-state index in [4.69, 9.17) is 16.3 Å². The second-order valence-electron chi connectivity index (χ2n) is 9.26. The lowest BCUT2D eigenvalue weighted by atomic mass is 9.71. The standard InChI is InChI=1S/C26H30BrClN2O5S/c1-3-11-29(17-9-7-16(28)8-10-17)24(33)22-26-15-18(27)21(36-26)19(25(34)35-14-4-2)20(26)23(32)30(22)12-5-6-13-31/h3-4,7-10,18-22,31H,1-2,5-6,11-15H2/t18?,19-,20+,21-,22?,26?/m1/s1. The second-order valence-corrected chi connectivity index (χ2v) is 12.4. The zero-order chi connectivity index (χ0) is 26.0. The molecule has 3 fully saturated rings. The van der Waals surface area contributed by atoms with Crippen molar-refractivity contribution in [2.24, 2.45) is 11.8 Å². The molecule has 6 atom stereocenters. The third-order valence-electron chi connectivity index (χ3n) is 7.16. The zero-order valence-corrected chi connectivity index (χ0v) is 23.0. The molecule has 4 rings (SSSR count). The minimum Gasteiger partial charge on any atom is -0.461 e. The van der Waals surface area contributed by atoms with Gasteiger partial charge in [-0.1, -0.05) is 46.3 Å². The average molecular weight is 598 g/mol. The highest BCUT2D eigenvalue weighted by atomic mass is 79.9. The number of anilines is 1. The van der Waals surface area contributed by atoms with E-state index < -0.39 is 28.6 Å². The first-order valence-electron chi connectivity index (χ1n) is 12.0. The topological polar surface area (TPSA) is 87.2 Å². The van der Waals surface area contributed by atoms with E-state index in [1.165, 1.54) is 6.08 Å². The van der Waals surface area contributed by atoms with E-state index in [2.05, 4.69) is 29.1 Å². The Hall–Kier alpha value is -1.81. The molecule has 2 bridgehead atoms. The molecule has 7 nitrogen and oxygen atoms in total. The van der Waals surface area contributed by atoms with Crippen molar-refractivity contribution < 1.29 is 24.2 Å². The molecule has 2 amide bonds. The van der Waals surface area contributed by atoms with Crippen molar-refractivity contribution in [1.82, 2.24) is 4.90 Å². The first-order valence-corrected chi connectivity index (χ1v) is 14.2. The molecule has 194 valence electrons. The van der Waals surface area contributed by atoms with Gasteiger partial charge in [-0.25, -0.2) is 0 Å². The number of hydrogen-bond acceptors (Lipinski definition) is 6. The van der Waals surface area contributed by atoms with Crippen LogP contribution in [0.15, 0.2) is 49.6 Å². The van der Waals surface area contributed by atoms with E-state index in [9.17, 15) is 19.5 Å². The van der Waals surface area contributed by atoms with Crippen LogP contribution in [-0.2, 0) is 19.1 Å². The smallest absolute Gasteiger partial charge is 0.311 e. The van der Waals surface area contributed by atoms with E-state index in [0.717, 1.165) is 0 Å². The lowest BCUT2D eigenvalue weighted by molar-refractivity contribution is -0.153. The van der Waals surface area contributed by atoms with Gasteiger partial charge < -0.3 is 19.6 Å². The molecule has 3 heterocycles. The maximum Gasteiger partial charge on any atom is 0.311 e. The summed E-state index contributed by atoms with van der Waals surface area (Å²) in [6.45, 7) is 8.08. The SMILES string of the molecule is C=CCOC(=O)[C@H]1[C@@H]2SC3(CC2Br)C(C(=O)N(CC=C)c2ccc(Cl)cc2)N(CCCCO)C(=O)[C@H]13. The van der Waals surface area contributed by atoms with Gasteiger partial charge in [0.2, 0.25) is 5.91 Å². The van der Waals surface area contributed by atoms with Crippen LogP contribution in [0.2, 0.25) is 5.02 Å². The Labute approximate surface area is 229 Å². The molecule has 0 aromatic heterocycles. The van der Waals surface area contributed by atoms with Crippen LogP contribution in [0.4, 0.5) is 5.69 Å². The monoisotopic (exact) mass is 596 g/mol. The Morgan fingerprint density at radius 3 is 2.64 bits per heavy atom. The van der Waals surface area contributed by atoms with Gasteiger partial charge in [0, 0.05) is 40.5 Å². The quantitative estimate of drug-likeness (QED) is 0.181. The summed E-state index contributed by atoms with van der Waals surface area (Å²) in [7, 11) is 0. The maximum atomic E-state index is 14.3. The highest BCUT2D eigenvalue weighted by molar-refractivity contribution is 9.09. The molecule has 1 spiro atoms. The number of likely N-dealkylation sites (tertiary alicyclic amines) is 1. The van der Waals surface area contributed by atoms with Gasteiger partial charge in [0.1, 0.15) is 12.6 Å². The highest BCUT2D eigenvalue weighted by Gasteiger charge is 2.76. The van der Waals surface area contributed by atoms with Crippen molar-refractivity contribution in [1.29, 1.82) is 0 Å². The summed E-state index contributed by atoms with van der Waals surface area (Å²) < 4.78 is 4.64. The van der Waals surface area contributed by atoms with E-state index in [-0.39, 0.29) is 41.6 Å². The Bertz CT molecular complexity index is 1040. The minimum atomic E-state index is -0.768. The molecule has 0 radical (unpaired) electrons. The number of alkyl halides is 1. The molecule has 3 aliphatic heterocycles. The third kappa shape index (κ3) is 4.64. The predicted molar refractivity (Wildman–Crippen MR) is 145 cm³/mol. The van der Waals surface area contributed by atoms with Gasteiger partial charge in [0.15, 0.2) is 0 Å². The summed E-state index contributed by atoms with van der Waals surface area (Å²) in [4.78, 5) is 44.6. The van der Waals surface area contributed by atoms with Gasteiger partial charge in [0.05, 0.1) is 16.6 Å². The van der Waals surface area contributed by atoms with Crippen molar-refractivity contribution in [3.63, 3.8) is 0 Å². The van der Waals surface area contributed by atoms with Crippen LogP contribution < -0.4 is 4.90 Å². The summed E-state index contributed by atoms with van der Waals surface area (Å²) in [5.74, 6) is -2.15. The van der Waals surface area contributed by atoms with Gasteiger partial charge in [-0.05, 0) is 43.5 Å². The largest absolute Gasteiger partial charge is 0.461 e. The molecule has 10 heteroatoms. The van der Waals surface area contributed by atoms with Crippen LogP contribution >= 0.6 is 39.3 Å². The number of ether oxygens (including phenoxy) is 1. The number of fused-ring (bicyclic) bond motifs is 1. The van der Waals surface area contributed by atoms with Crippen molar-refractivity contribution >= 4 is 62.8 Å².